The standard InChI is InChI=1S/C15H20N4OS/c1-4-12-5-7-13(8-6-12)17-14(20)9-21-15-18-16-10-19(15)11(2)3/h5-8,10-11H,4,9H2,1-3H3,(H,17,20). The number of hydrogen-bond donors (Lipinski definition) is 1. The smallest absolute Gasteiger partial charge is 0.234 e. The largest absolute Gasteiger partial charge is 0.325 e. The molecule has 0 bridgehead atoms. The number of aromatic nitrogens is 3. The zero-order chi connectivity index (χ0) is 15.2. The summed E-state index contributed by atoms with van der Waals surface area (Å²) < 4.78 is 1.95. The maximum Gasteiger partial charge on any atom is 0.234 e. The normalized spacial score (nSPS) is 10.9. The number of anilines is 1. The van der Waals surface area contributed by atoms with Crippen LogP contribution >= 0.6 is 11.8 Å². The molecule has 1 N–H and O–H groups in total. The molecule has 0 aliphatic carbocycles. The highest BCUT2D eigenvalue weighted by atomic mass is 32.2. The Balaban J connectivity index is 1.88. The predicted octanol–water partition coefficient (Wildman–Crippen LogP) is 3.15. The van der Waals surface area contributed by atoms with Crippen LogP contribution in [0.2, 0.25) is 0 Å². The number of carbonyl (C=O) groups excluding carboxylic acids is 1. The van der Waals surface area contributed by atoms with Gasteiger partial charge in [-0.25, -0.2) is 0 Å². The monoisotopic (exact) mass is 304 g/mol. The summed E-state index contributed by atoms with van der Waals surface area (Å²) >= 11 is 1.39. The summed E-state index contributed by atoms with van der Waals surface area (Å²) in [7, 11) is 0. The van der Waals surface area contributed by atoms with E-state index in [0.717, 1.165) is 17.3 Å². The van der Waals surface area contributed by atoms with E-state index in [1.165, 1.54) is 17.3 Å². The van der Waals surface area contributed by atoms with Crippen LogP contribution in [0.1, 0.15) is 32.4 Å². The van der Waals surface area contributed by atoms with Crippen LogP contribution in [0.4, 0.5) is 5.69 Å². The van der Waals surface area contributed by atoms with Gasteiger partial charge in [-0.2, -0.15) is 0 Å². The van der Waals surface area contributed by atoms with Crippen molar-refractivity contribution in [2.75, 3.05) is 11.1 Å². The fourth-order valence-corrected chi connectivity index (χ4v) is 2.68. The van der Waals surface area contributed by atoms with Crippen molar-refractivity contribution in [1.82, 2.24) is 14.8 Å². The van der Waals surface area contributed by atoms with E-state index in [2.05, 4.69) is 36.3 Å². The zero-order valence-corrected chi connectivity index (χ0v) is 13.4. The van der Waals surface area contributed by atoms with Crippen LogP contribution < -0.4 is 5.32 Å². The lowest BCUT2D eigenvalue weighted by atomic mass is 10.1. The van der Waals surface area contributed by atoms with Crippen molar-refractivity contribution in [2.45, 2.75) is 38.4 Å². The molecular formula is C15H20N4OS. The average Bonchev–Trinajstić information content (AvgIpc) is 2.94. The van der Waals surface area contributed by atoms with Gasteiger partial charge in [-0.3, -0.25) is 4.79 Å². The van der Waals surface area contributed by atoms with Gasteiger partial charge in [0.25, 0.3) is 0 Å². The second-order valence-electron chi connectivity index (χ2n) is 5.00. The molecule has 21 heavy (non-hydrogen) atoms. The van der Waals surface area contributed by atoms with Gasteiger partial charge in [0.05, 0.1) is 5.75 Å². The number of carbonyl (C=O) groups is 1. The van der Waals surface area contributed by atoms with Crippen molar-refractivity contribution < 1.29 is 4.79 Å². The van der Waals surface area contributed by atoms with Crippen LogP contribution in [-0.2, 0) is 11.2 Å². The Morgan fingerprint density at radius 3 is 2.67 bits per heavy atom. The van der Waals surface area contributed by atoms with Crippen molar-refractivity contribution in [1.29, 1.82) is 0 Å². The van der Waals surface area contributed by atoms with Gasteiger partial charge < -0.3 is 9.88 Å². The van der Waals surface area contributed by atoms with Gasteiger partial charge in [0.1, 0.15) is 6.33 Å². The maximum atomic E-state index is 12.0. The highest BCUT2D eigenvalue weighted by Gasteiger charge is 2.10. The van der Waals surface area contributed by atoms with Gasteiger partial charge in [0, 0.05) is 11.7 Å². The van der Waals surface area contributed by atoms with E-state index in [4.69, 9.17) is 0 Å². The summed E-state index contributed by atoms with van der Waals surface area (Å²) in [6.45, 7) is 6.22. The summed E-state index contributed by atoms with van der Waals surface area (Å²) in [4.78, 5) is 12.0. The first kappa shape index (κ1) is 15.6. The fraction of sp³-hybridized carbons (Fsp3) is 0.400. The van der Waals surface area contributed by atoms with Crippen LogP contribution in [0.25, 0.3) is 0 Å². The number of benzene rings is 1. The van der Waals surface area contributed by atoms with Gasteiger partial charge in [0.15, 0.2) is 5.16 Å². The molecule has 1 aromatic heterocycles. The first-order chi connectivity index (χ1) is 10.1. The number of amides is 1. The molecule has 0 aliphatic rings. The van der Waals surface area contributed by atoms with E-state index < -0.39 is 0 Å². The van der Waals surface area contributed by atoms with Gasteiger partial charge in [-0.05, 0) is 38.0 Å². The highest BCUT2D eigenvalue weighted by Crippen LogP contribution is 2.19. The van der Waals surface area contributed by atoms with E-state index in [1.54, 1.807) is 6.33 Å². The maximum absolute atomic E-state index is 12.0. The SMILES string of the molecule is CCc1ccc(NC(=O)CSc2nncn2C(C)C)cc1. The van der Waals surface area contributed by atoms with E-state index in [0.29, 0.717) is 5.75 Å². The molecule has 2 aromatic rings. The number of nitrogens with zero attached hydrogens (tertiary/aromatic N) is 3. The van der Waals surface area contributed by atoms with E-state index in [1.807, 2.05) is 28.8 Å². The third kappa shape index (κ3) is 4.32. The van der Waals surface area contributed by atoms with Crippen molar-refractivity contribution in [3.8, 4) is 0 Å². The first-order valence-electron chi connectivity index (χ1n) is 7.01. The molecule has 0 unspecified atom stereocenters. The molecule has 0 saturated heterocycles. The fourth-order valence-electron chi connectivity index (χ4n) is 1.84. The average molecular weight is 304 g/mol. The molecular weight excluding hydrogens is 284 g/mol. The number of hydrogen-bond acceptors (Lipinski definition) is 4. The Kier molecular flexibility index (Phi) is 5.38. The quantitative estimate of drug-likeness (QED) is 0.833. The Hall–Kier alpha value is -1.82. The molecule has 0 atom stereocenters. The highest BCUT2D eigenvalue weighted by molar-refractivity contribution is 7.99. The number of aryl methyl sites for hydroxylation is 1. The van der Waals surface area contributed by atoms with Crippen molar-refractivity contribution in [3.05, 3.63) is 36.2 Å². The van der Waals surface area contributed by atoms with E-state index in [9.17, 15) is 4.79 Å². The summed E-state index contributed by atoms with van der Waals surface area (Å²) in [5, 5.41) is 11.6. The molecule has 5 nitrogen and oxygen atoms in total. The summed E-state index contributed by atoms with van der Waals surface area (Å²) in [5.74, 6) is 0.281. The van der Waals surface area contributed by atoms with Crippen LogP contribution in [0, 0.1) is 0 Å². The van der Waals surface area contributed by atoms with Gasteiger partial charge >= 0.3 is 0 Å². The number of nitrogens with one attached hydrogen (secondary N) is 1. The molecule has 2 rings (SSSR count). The third-order valence-corrected chi connectivity index (χ3v) is 4.03. The molecule has 0 fully saturated rings. The lowest BCUT2D eigenvalue weighted by Crippen LogP contribution is -2.14. The summed E-state index contributed by atoms with van der Waals surface area (Å²) in [5.41, 5.74) is 2.08. The minimum absolute atomic E-state index is 0.0393. The van der Waals surface area contributed by atoms with Crippen LogP contribution in [0.15, 0.2) is 35.7 Å². The third-order valence-electron chi connectivity index (χ3n) is 3.07. The van der Waals surface area contributed by atoms with Gasteiger partial charge in [-0.15, -0.1) is 10.2 Å². The minimum Gasteiger partial charge on any atom is -0.325 e. The lowest BCUT2D eigenvalue weighted by molar-refractivity contribution is -0.113. The number of thioether (sulfide) groups is 1. The van der Waals surface area contributed by atoms with E-state index in [-0.39, 0.29) is 11.9 Å². The van der Waals surface area contributed by atoms with Crippen molar-refractivity contribution in [3.63, 3.8) is 0 Å². The molecule has 112 valence electrons. The topological polar surface area (TPSA) is 59.8 Å². The number of rotatable bonds is 6. The molecule has 0 aliphatic heterocycles. The molecule has 0 saturated carbocycles. The van der Waals surface area contributed by atoms with Crippen LogP contribution in [-0.4, -0.2) is 26.4 Å². The van der Waals surface area contributed by atoms with Crippen LogP contribution in [0.5, 0.6) is 0 Å². The Labute approximate surface area is 129 Å². The van der Waals surface area contributed by atoms with Crippen molar-refractivity contribution >= 4 is 23.4 Å². The zero-order valence-electron chi connectivity index (χ0n) is 12.5. The molecule has 0 radical (unpaired) electrons. The van der Waals surface area contributed by atoms with Gasteiger partial charge in [0.2, 0.25) is 5.91 Å². The van der Waals surface area contributed by atoms with Crippen LogP contribution in [0.3, 0.4) is 0 Å². The lowest BCUT2D eigenvalue weighted by Gasteiger charge is -2.09. The Bertz CT molecular complexity index is 592. The van der Waals surface area contributed by atoms with Gasteiger partial charge in [-0.1, -0.05) is 30.8 Å². The van der Waals surface area contributed by atoms with Crippen molar-refractivity contribution in [2.24, 2.45) is 0 Å². The summed E-state index contributed by atoms with van der Waals surface area (Å²) in [6.07, 6.45) is 2.68. The molecule has 0 spiro atoms. The summed E-state index contributed by atoms with van der Waals surface area (Å²) in [6, 6.07) is 8.19. The second kappa shape index (κ2) is 7.26. The first-order valence-corrected chi connectivity index (χ1v) is 7.99. The molecule has 6 heteroatoms. The molecule has 1 heterocycles. The molecule has 1 aromatic carbocycles. The Morgan fingerprint density at radius 2 is 2.05 bits per heavy atom. The Morgan fingerprint density at radius 1 is 1.33 bits per heavy atom. The molecule has 1 amide bonds. The van der Waals surface area contributed by atoms with E-state index >= 15 is 0 Å². The second-order valence-corrected chi connectivity index (χ2v) is 5.94. The minimum atomic E-state index is -0.0393. The predicted molar refractivity (Wildman–Crippen MR) is 85.6 cm³/mol.